The van der Waals surface area contributed by atoms with Gasteiger partial charge in [0.1, 0.15) is 5.75 Å². The Hall–Kier alpha value is -1.06. The molecule has 3 atom stereocenters. The van der Waals surface area contributed by atoms with Gasteiger partial charge in [-0.3, -0.25) is 0 Å². The average molecular weight is 277 g/mol. The molecule has 1 aromatic carbocycles. The maximum absolute atomic E-state index is 5.80. The lowest BCUT2D eigenvalue weighted by Gasteiger charge is -2.18. The third kappa shape index (κ3) is 4.50. The van der Waals surface area contributed by atoms with E-state index in [2.05, 4.69) is 50.4 Å². The van der Waals surface area contributed by atoms with E-state index >= 15 is 0 Å². The molecular formula is C17H27NO2. The lowest BCUT2D eigenvalue weighted by atomic mass is 10.1. The van der Waals surface area contributed by atoms with Gasteiger partial charge in [0, 0.05) is 19.2 Å². The van der Waals surface area contributed by atoms with Crippen LogP contribution in [0.1, 0.15) is 51.6 Å². The molecule has 0 spiro atoms. The zero-order valence-corrected chi connectivity index (χ0v) is 12.9. The van der Waals surface area contributed by atoms with E-state index in [1.807, 2.05) is 0 Å². The summed E-state index contributed by atoms with van der Waals surface area (Å²) in [6.07, 6.45) is 4.08. The van der Waals surface area contributed by atoms with Gasteiger partial charge in [-0.1, -0.05) is 19.1 Å². The Morgan fingerprint density at radius 1 is 1.30 bits per heavy atom. The monoisotopic (exact) mass is 277 g/mol. The SMILES string of the molecule is CC[C@H](C)Oc1ccc([C@H](C)NC[C@H]2CCCO2)cc1. The quantitative estimate of drug-likeness (QED) is 0.824. The Bertz CT molecular complexity index is 384. The molecule has 1 aliphatic heterocycles. The van der Waals surface area contributed by atoms with Crippen molar-refractivity contribution >= 4 is 0 Å². The summed E-state index contributed by atoms with van der Waals surface area (Å²) in [7, 11) is 0. The summed E-state index contributed by atoms with van der Waals surface area (Å²) in [6, 6.07) is 8.75. The Kier molecular flexibility index (Phi) is 5.86. The van der Waals surface area contributed by atoms with Gasteiger partial charge in [0.2, 0.25) is 0 Å². The summed E-state index contributed by atoms with van der Waals surface area (Å²) in [5.74, 6) is 0.953. The van der Waals surface area contributed by atoms with E-state index in [-0.39, 0.29) is 6.10 Å². The normalized spacial score (nSPS) is 21.6. The summed E-state index contributed by atoms with van der Waals surface area (Å²) in [5.41, 5.74) is 1.29. The molecule has 0 radical (unpaired) electrons. The fourth-order valence-corrected chi connectivity index (χ4v) is 2.38. The van der Waals surface area contributed by atoms with E-state index < -0.39 is 0 Å². The Morgan fingerprint density at radius 3 is 2.65 bits per heavy atom. The fourth-order valence-electron chi connectivity index (χ4n) is 2.38. The first-order valence-electron chi connectivity index (χ1n) is 7.80. The Labute approximate surface area is 122 Å². The van der Waals surface area contributed by atoms with Crippen LogP contribution in [0.15, 0.2) is 24.3 Å². The predicted molar refractivity (Wildman–Crippen MR) is 82.2 cm³/mol. The zero-order valence-electron chi connectivity index (χ0n) is 12.9. The second-order valence-corrected chi connectivity index (χ2v) is 5.67. The minimum absolute atomic E-state index is 0.274. The van der Waals surface area contributed by atoms with E-state index in [0.717, 1.165) is 25.3 Å². The molecule has 1 saturated heterocycles. The largest absolute Gasteiger partial charge is 0.491 e. The highest BCUT2D eigenvalue weighted by molar-refractivity contribution is 5.29. The summed E-state index contributed by atoms with van der Waals surface area (Å²) in [4.78, 5) is 0. The number of nitrogens with one attached hydrogen (secondary N) is 1. The second-order valence-electron chi connectivity index (χ2n) is 5.67. The summed E-state index contributed by atoms with van der Waals surface area (Å²) in [5, 5.41) is 3.55. The molecule has 0 aromatic heterocycles. The van der Waals surface area contributed by atoms with Crippen LogP contribution in [0.25, 0.3) is 0 Å². The van der Waals surface area contributed by atoms with E-state index in [1.165, 1.54) is 18.4 Å². The van der Waals surface area contributed by atoms with Crippen LogP contribution >= 0.6 is 0 Å². The van der Waals surface area contributed by atoms with Crippen molar-refractivity contribution in [3.8, 4) is 5.75 Å². The van der Waals surface area contributed by atoms with E-state index in [0.29, 0.717) is 12.1 Å². The van der Waals surface area contributed by atoms with Gasteiger partial charge in [-0.05, 0) is 50.8 Å². The zero-order chi connectivity index (χ0) is 14.4. The summed E-state index contributed by atoms with van der Waals surface area (Å²) in [6.45, 7) is 8.28. The van der Waals surface area contributed by atoms with Crippen molar-refractivity contribution in [2.24, 2.45) is 0 Å². The van der Waals surface area contributed by atoms with Crippen molar-refractivity contribution in [2.75, 3.05) is 13.2 Å². The number of ether oxygens (including phenoxy) is 2. The lowest BCUT2D eigenvalue weighted by molar-refractivity contribution is 0.108. The lowest BCUT2D eigenvalue weighted by Crippen LogP contribution is -2.28. The van der Waals surface area contributed by atoms with Crippen molar-refractivity contribution in [1.82, 2.24) is 5.32 Å². The van der Waals surface area contributed by atoms with Crippen molar-refractivity contribution < 1.29 is 9.47 Å². The number of rotatable bonds is 7. The van der Waals surface area contributed by atoms with Gasteiger partial charge in [-0.15, -0.1) is 0 Å². The third-order valence-electron chi connectivity index (χ3n) is 3.97. The second kappa shape index (κ2) is 7.65. The first-order chi connectivity index (χ1) is 9.69. The molecular weight excluding hydrogens is 250 g/mol. The van der Waals surface area contributed by atoms with E-state index in [4.69, 9.17) is 9.47 Å². The van der Waals surface area contributed by atoms with Crippen LogP contribution in [-0.4, -0.2) is 25.4 Å². The van der Waals surface area contributed by atoms with Gasteiger partial charge in [0.05, 0.1) is 12.2 Å². The summed E-state index contributed by atoms with van der Waals surface area (Å²) < 4.78 is 11.4. The van der Waals surface area contributed by atoms with Gasteiger partial charge in [-0.2, -0.15) is 0 Å². The van der Waals surface area contributed by atoms with Crippen LogP contribution in [0.3, 0.4) is 0 Å². The smallest absolute Gasteiger partial charge is 0.119 e. The number of benzene rings is 1. The summed E-state index contributed by atoms with van der Waals surface area (Å²) >= 11 is 0. The predicted octanol–water partition coefficient (Wildman–Crippen LogP) is 3.69. The molecule has 1 N–H and O–H groups in total. The molecule has 20 heavy (non-hydrogen) atoms. The molecule has 3 nitrogen and oxygen atoms in total. The van der Waals surface area contributed by atoms with Crippen LogP contribution in [-0.2, 0) is 4.74 Å². The molecule has 1 aliphatic rings. The van der Waals surface area contributed by atoms with Crippen LogP contribution in [0.5, 0.6) is 5.75 Å². The van der Waals surface area contributed by atoms with E-state index in [9.17, 15) is 0 Å². The average Bonchev–Trinajstić information content (AvgIpc) is 2.98. The molecule has 3 heteroatoms. The minimum Gasteiger partial charge on any atom is -0.491 e. The first-order valence-corrected chi connectivity index (χ1v) is 7.80. The first kappa shape index (κ1) is 15.3. The molecule has 1 fully saturated rings. The molecule has 1 aromatic rings. The van der Waals surface area contributed by atoms with Gasteiger partial charge in [0.15, 0.2) is 0 Å². The van der Waals surface area contributed by atoms with Gasteiger partial charge >= 0.3 is 0 Å². The van der Waals surface area contributed by atoms with Gasteiger partial charge in [0.25, 0.3) is 0 Å². The Morgan fingerprint density at radius 2 is 2.05 bits per heavy atom. The standard InChI is InChI=1S/C17H27NO2/c1-4-13(2)20-16-9-7-15(8-10-16)14(3)18-12-17-6-5-11-19-17/h7-10,13-14,17-18H,4-6,11-12H2,1-3H3/t13-,14-,17+/m0/s1. The third-order valence-corrected chi connectivity index (χ3v) is 3.97. The number of hydrogen-bond donors (Lipinski definition) is 1. The van der Waals surface area contributed by atoms with Crippen molar-refractivity contribution in [3.63, 3.8) is 0 Å². The molecule has 0 bridgehead atoms. The molecule has 112 valence electrons. The maximum Gasteiger partial charge on any atom is 0.119 e. The van der Waals surface area contributed by atoms with Crippen LogP contribution in [0, 0.1) is 0 Å². The fraction of sp³-hybridized carbons (Fsp3) is 0.647. The Balaban J connectivity index is 1.81. The van der Waals surface area contributed by atoms with Gasteiger partial charge < -0.3 is 14.8 Å². The highest BCUT2D eigenvalue weighted by Crippen LogP contribution is 2.20. The molecule has 2 rings (SSSR count). The molecule has 0 unspecified atom stereocenters. The highest BCUT2D eigenvalue weighted by atomic mass is 16.5. The molecule has 0 amide bonds. The molecule has 0 aliphatic carbocycles. The highest BCUT2D eigenvalue weighted by Gasteiger charge is 2.16. The van der Waals surface area contributed by atoms with Crippen molar-refractivity contribution in [1.29, 1.82) is 0 Å². The topological polar surface area (TPSA) is 30.5 Å². The van der Waals surface area contributed by atoms with Crippen LogP contribution in [0.2, 0.25) is 0 Å². The van der Waals surface area contributed by atoms with Crippen molar-refractivity contribution in [2.45, 2.75) is 58.3 Å². The molecule has 0 saturated carbocycles. The van der Waals surface area contributed by atoms with Crippen LogP contribution < -0.4 is 10.1 Å². The van der Waals surface area contributed by atoms with Gasteiger partial charge in [-0.25, -0.2) is 0 Å². The van der Waals surface area contributed by atoms with Crippen molar-refractivity contribution in [3.05, 3.63) is 29.8 Å². The van der Waals surface area contributed by atoms with Crippen LogP contribution in [0.4, 0.5) is 0 Å². The number of hydrogen-bond acceptors (Lipinski definition) is 3. The minimum atomic E-state index is 0.274. The maximum atomic E-state index is 5.80. The van der Waals surface area contributed by atoms with E-state index in [1.54, 1.807) is 0 Å². The molecule has 1 heterocycles.